The molecule has 0 amide bonds. The molecule has 0 aliphatic rings. The number of nitrogens with zero attached hydrogens (tertiary/aromatic N) is 3. The minimum Gasteiger partial charge on any atom is -0.378 e. The van der Waals surface area contributed by atoms with Crippen LogP contribution in [0.2, 0.25) is 0 Å². The molecule has 2 aromatic rings. The van der Waals surface area contributed by atoms with Crippen LogP contribution >= 0.6 is 0 Å². The second kappa shape index (κ2) is 6.68. The minimum atomic E-state index is -3.40. The molecule has 0 aliphatic heterocycles. The molecule has 1 aromatic heterocycles. The van der Waals surface area contributed by atoms with E-state index in [1.165, 1.54) is 0 Å². The third kappa shape index (κ3) is 3.79. The Labute approximate surface area is 124 Å². The first-order valence-corrected chi connectivity index (χ1v) is 8.25. The molecule has 1 heterocycles. The van der Waals surface area contributed by atoms with Gasteiger partial charge in [0.1, 0.15) is 6.33 Å². The Bertz CT molecular complexity index is 679. The van der Waals surface area contributed by atoms with Crippen molar-refractivity contribution in [3.63, 3.8) is 0 Å². The number of aryl methyl sites for hydroxylation is 1. The van der Waals surface area contributed by atoms with Gasteiger partial charge in [0, 0.05) is 18.8 Å². The van der Waals surface area contributed by atoms with Gasteiger partial charge in [-0.2, -0.15) is 0 Å². The number of rotatable bonds is 7. The lowest BCUT2D eigenvalue weighted by Gasteiger charge is -2.08. The van der Waals surface area contributed by atoms with E-state index in [2.05, 4.69) is 20.2 Å². The first-order valence-electron chi connectivity index (χ1n) is 6.77. The zero-order valence-corrected chi connectivity index (χ0v) is 12.9. The van der Waals surface area contributed by atoms with Gasteiger partial charge in [0.15, 0.2) is 5.82 Å². The molecule has 0 saturated carbocycles. The molecule has 0 radical (unpaired) electrons. The van der Waals surface area contributed by atoms with E-state index in [-0.39, 0.29) is 4.90 Å². The summed E-state index contributed by atoms with van der Waals surface area (Å²) in [5, 5.41) is 11.1. The predicted molar refractivity (Wildman–Crippen MR) is 80.3 cm³/mol. The van der Waals surface area contributed by atoms with E-state index in [0.717, 1.165) is 18.1 Å². The van der Waals surface area contributed by atoms with Gasteiger partial charge >= 0.3 is 0 Å². The molecule has 114 valence electrons. The third-order valence-electron chi connectivity index (χ3n) is 2.99. The van der Waals surface area contributed by atoms with Gasteiger partial charge in [0.05, 0.1) is 11.4 Å². The Kier molecular flexibility index (Phi) is 4.92. The fourth-order valence-electron chi connectivity index (χ4n) is 1.89. The van der Waals surface area contributed by atoms with Gasteiger partial charge in [-0.1, -0.05) is 6.92 Å². The molecule has 0 atom stereocenters. The summed E-state index contributed by atoms with van der Waals surface area (Å²) in [6.07, 6.45) is 1.68. The highest BCUT2D eigenvalue weighted by Gasteiger charge is 2.11. The Hall–Kier alpha value is -1.93. The number of hydrogen-bond acceptors (Lipinski definition) is 5. The summed E-state index contributed by atoms with van der Waals surface area (Å²) in [4.78, 5) is 0.256. The van der Waals surface area contributed by atoms with Crippen LogP contribution in [0.1, 0.15) is 19.7 Å². The monoisotopic (exact) mass is 309 g/mol. The maximum absolute atomic E-state index is 11.8. The highest BCUT2D eigenvalue weighted by atomic mass is 32.2. The maximum atomic E-state index is 11.8. The molecule has 0 saturated heterocycles. The molecular formula is C13H19N5O2S. The standard InChI is InChI=1S/C13H19N5O2S/c1-3-16-21(19,20)12-7-5-11(6-8-12)14-9-13-17-15-10-18(13)4-2/h5-8,10,14,16H,3-4,9H2,1-2H3. The summed E-state index contributed by atoms with van der Waals surface area (Å²) < 4.78 is 28.0. The quantitative estimate of drug-likeness (QED) is 0.802. The molecule has 0 unspecified atom stereocenters. The third-order valence-corrected chi connectivity index (χ3v) is 4.55. The van der Waals surface area contributed by atoms with Crippen molar-refractivity contribution in [1.82, 2.24) is 19.5 Å². The van der Waals surface area contributed by atoms with Gasteiger partial charge in [0.25, 0.3) is 0 Å². The summed E-state index contributed by atoms with van der Waals surface area (Å²) in [7, 11) is -3.40. The summed E-state index contributed by atoms with van der Waals surface area (Å²) >= 11 is 0. The molecule has 2 rings (SSSR count). The van der Waals surface area contributed by atoms with Crippen molar-refractivity contribution in [2.24, 2.45) is 0 Å². The number of benzene rings is 1. The molecule has 2 N–H and O–H groups in total. The normalized spacial score (nSPS) is 11.5. The largest absolute Gasteiger partial charge is 0.378 e. The molecule has 21 heavy (non-hydrogen) atoms. The number of anilines is 1. The number of nitrogens with one attached hydrogen (secondary N) is 2. The number of aromatic nitrogens is 3. The number of sulfonamides is 1. The van der Waals surface area contributed by atoms with Crippen LogP contribution in [0.3, 0.4) is 0 Å². The van der Waals surface area contributed by atoms with E-state index in [1.54, 1.807) is 37.5 Å². The van der Waals surface area contributed by atoms with Crippen molar-refractivity contribution in [2.45, 2.75) is 31.8 Å². The van der Waals surface area contributed by atoms with Crippen molar-refractivity contribution in [1.29, 1.82) is 0 Å². The van der Waals surface area contributed by atoms with Crippen LogP contribution in [0, 0.1) is 0 Å². The van der Waals surface area contributed by atoms with Gasteiger partial charge in [-0.05, 0) is 31.2 Å². The molecule has 1 aromatic carbocycles. The summed E-state index contributed by atoms with van der Waals surface area (Å²) in [5.41, 5.74) is 0.830. The van der Waals surface area contributed by atoms with E-state index in [0.29, 0.717) is 13.1 Å². The van der Waals surface area contributed by atoms with Crippen LogP contribution in [0.15, 0.2) is 35.5 Å². The van der Waals surface area contributed by atoms with Crippen LogP contribution < -0.4 is 10.0 Å². The number of hydrogen-bond donors (Lipinski definition) is 2. The van der Waals surface area contributed by atoms with E-state index in [1.807, 2.05) is 11.5 Å². The van der Waals surface area contributed by atoms with E-state index < -0.39 is 10.0 Å². The van der Waals surface area contributed by atoms with Crippen LogP contribution in [-0.4, -0.2) is 29.7 Å². The molecule has 0 aliphatic carbocycles. The lowest BCUT2D eigenvalue weighted by atomic mass is 10.3. The second-order valence-corrected chi connectivity index (χ2v) is 6.18. The Balaban J connectivity index is 2.03. The summed E-state index contributed by atoms with van der Waals surface area (Å²) in [6.45, 7) is 5.48. The van der Waals surface area contributed by atoms with Crippen LogP contribution in [0.4, 0.5) is 5.69 Å². The smallest absolute Gasteiger partial charge is 0.240 e. The lowest BCUT2D eigenvalue weighted by Crippen LogP contribution is -2.23. The minimum absolute atomic E-state index is 0.256. The van der Waals surface area contributed by atoms with Crippen LogP contribution in [0.5, 0.6) is 0 Å². The molecule has 0 fully saturated rings. The Morgan fingerprint density at radius 2 is 1.90 bits per heavy atom. The average molecular weight is 309 g/mol. The van der Waals surface area contributed by atoms with E-state index in [4.69, 9.17) is 0 Å². The molecule has 0 spiro atoms. The summed E-state index contributed by atoms with van der Waals surface area (Å²) in [6, 6.07) is 6.61. The Morgan fingerprint density at radius 1 is 1.19 bits per heavy atom. The van der Waals surface area contributed by atoms with Crippen molar-refractivity contribution < 1.29 is 8.42 Å². The van der Waals surface area contributed by atoms with Gasteiger partial charge in [-0.25, -0.2) is 13.1 Å². The lowest BCUT2D eigenvalue weighted by molar-refractivity contribution is 0.584. The van der Waals surface area contributed by atoms with Crippen LogP contribution in [-0.2, 0) is 23.1 Å². The van der Waals surface area contributed by atoms with Gasteiger partial charge in [-0.3, -0.25) is 0 Å². The maximum Gasteiger partial charge on any atom is 0.240 e. The SMILES string of the molecule is CCNS(=O)(=O)c1ccc(NCc2nncn2CC)cc1. The van der Waals surface area contributed by atoms with Gasteiger partial charge < -0.3 is 9.88 Å². The first-order chi connectivity index (χ1) is 10.1. The van der Waals surface area contributed by atoms with Crippen LogP contribution in [0.25, 0.3) is 0 Å². The zero-order chi connectivity index (χ0) is 15.3. The topological polar surface area (TPSA) is 88.9 Å². The van der Waals surface area contributed by atoms with Gasteiger partial charge in [-0.15, -0.1) is 10.2 Å². The highest BCUT2D eigenvalue weighted by molar-refractivity contribution is 7.89. The fraction of sp³-hybridized carbons (Fsp3) is 0.385. The van der Waals surface area contributed by atoms with E-state index in [9.17, 15) is 8.42 Å². The van der Waals surface area contributed by atoms with Crippen molar-refractivity contribution in [3.05, 3.63) is 36.4 Å². The van der Waals surface area contributed by atoms with Crippen molar-refractivity contribution >= 4 is 15.7 Å². The molecular weight excluding hydrogens is 290 g/mol. The zero-order valence-electron chi connectivity index (χ0n) is 12.1. The van der Waals surface area contributed by atoms with Gasteiger partial charge in [0.2, 0.25) is 10.0 Å². The average Bonchev–Trinajstić information content (AvgIpc) is 2.93. The molecule has 8 heteroatoms. The molecule has 0 bridgehead atoms. The summed E-state index contributed by atoms with van der Waals surface area (Å²) in [5.74, 6) is 0.835. The fourth-order valence-corrected chi connectivity index (χ4v) is 2.93. The molecule has 7 nitrogen and oxygen atoms in total. The predicted octanol–water partition coefficient (Wildman–Crippen LogP) is 1.21. The second-order valence-electron chi connectivity index (χ2n) is 4.41. The van der Waals surface area contributed by atoms with Crippen molar-refractivity contribution in [3.8, 4) is 0 Å². The Morgan fingerprint density at radius 3 is 2.52 bits per heavy atom. The highest BCUT2D eigenvalue weighted by Crippen LogP contribution is 2.14. The van der Waals surface area contributed by atoms with E-state index >= 15 is 0 Å². The van der Waals surface area contributed by atoms with Crippen molar-refractivity contribution in [2.75, 3.05) is 11.9 Å². The first kappa shape index (κ1) is 15.5.